The van der Waals surface area contributed by atoms with Gasteiger partial charge in [-0.25, -0.2) is 4.79 Å². The van der Waals surface area contributed by atoms with Crippen LogP contribution in [0.25, 0.3) is 0 Å². The van der Waals surface area contributed by atoms with E-state index in [4.69, 9.17) is 14.4 Å². The highest BCUT2D eigenvalue weighted by Gasteiger charge is 2.54. The maximum absolute atomic E-state index is 12.2. The molecule has 0 atom stereocenters. The van der Waals surface area contributed by atoms with E-state index < -0.39 is 23.2 Å². The fraction of sp³-hybridized carbons (Fsp3) is 0.750. The summed E-state index contributed by atoms with van der Waals surface area (Å²) in [5, 5.41) is 15.6. The lowest BCUT2D eigenvalue weighted by atomic mass is 9.59. The van der Waals surface area contributed by atoms with Crippen molar-refractivity contribution in [1.29, 1.82) is 0 Å². The summed E-state index contributed by atoms with van der Waals surface area (Å²) in [4.78, 5) is 27.1. The first-order chi connectivity index (χ1) is 10.9. The number of rotatable bonds is 5. The molecule has 0 spiro atoms. The minimum absolute atomic E-state index is 0.0386. The molecule has 1 aromatic rings. The first-order valence-corrected chi connectivity index (χ1v) is 7.97. The summed E-state index contributed by atoms with van der Waals surface area (Å²) in [5.41, 5.74) is -1.30. The fourth-order valence-corrected chi connectivity index (χ4v) is 3.15. The summed E-state index contributed by atoms with van der Waals surface area (Å²) in [5.74, 6) is -0.309. The molecule has 1 fully saturated rings. The van der Waals surface area contributed by atoms with Gasteiger partial charge >= 0.3 is 12.1 Å². The topological polar surface area (TPSA) is 115 Å². The van der Waals surface area contributed by atoms with Crippen LogP contribution in [-0.4, -0.2) is 32.9 Å². The number of hydrogen-bond acceptors (Lipinski definition) is 6. The maximum Gasteiger partial charge on any atom is 0.408 e. The number of amides is 1. The van der Waals surface area contributed by atoms with Crippen LogP contribution in [-0.2, 0) is 21.5 Å². The van der Waals surface area contributed by atoms with Gasteiger partial charge in [-0.3, -0.25) is 4.79 Å². The SMILES string of the molecule is CC1(C)CC(NC(=O)OC(C)(C)C)(c2noc(CCC(=O)O)n2)C1. The molecule has 0 radical (unpaired) electrons. The van der Waals surface area contributed by atoms with Gasteiger partial charge in [0.2, 0.25) is 5.89 Å². The van der Waals surface area contributed by atoms with Crippen LogP contribution in [0.15, 0.2) is 4.52 Å². The molecular formula is C16H25N3O5. The predicted molar refractivity (Wildman–Crippen MR) is 84.3 cm³/mol. The second-order valence-electron chi connectivity index (χ2n) is 8.13. The van der Waals surface area contributed by atoms with Crippen LogP contribution in [0, 0.1) is 5.41 Å². The van der Waals surface area contributed by atoms with Crippen molar-refractivity contribution in [3.05, 3.63) is 11.7 Å². The molecule has 0 bridgehead atoms. The molecule has 0 saturated heterocycles. The Hall–Kier alpha value is -2.12. The highest BCUT2D eigenvalue weighted by atomic mass is 16.6. The van der Waals surface area contributed by atoms with E-state index in [9.17, 15) is 9.59 Å². The van der Waals surface area contributed by atoms with E-state index in [1.807, 2.05) is 0 Å². The lowest BCUT2D eigenvalue weighted by molar-refractivity contribution is -0.137. The van der Waals surface area contributed by atoms with Crippen LogP contribution < -0.4 is 5.32 Å². The quantitative estimate of drug-likeness (QED) is 0.847. The largest absolute Gasteiger partial charge is 0.481 e. The third-order valence-corrected chi connectivity index (χ3v) is 3.75. The van der Waals surface area contributed by atoms with Gasteiger partial charge in [-0.2, -0.15) is 4.98 Å². The molecule has 2 rings (SSSR count). The van der Waals surface area contributed by atoms with E-state index >= 15 is 0 Å². The predicted octanol–water partition coefficient (Wildman–Crippen LogP) is 2.63. The van der Waals surface area contributed by atoms with E-state index in [2.05, 4.69) is 29.3 Å². The second kappa shape index (κ2) is 6.07. The summed E-state index contributed by atoms with van der Waals surface area (Å²) in [6.45, 7) is 9.56. The third kappa shape index (κ3) is 4.46. The van der Waals surface area contributed by atoms with E-state index in [1.54, 1.807) is 20.8 Å². The number of aromatic nitrogens is 2. The van der Waals surface area contributed by atoms with Gasteiger partial charge in [0.05, 0.1) is 6.42 Å². The number of carboxylic acids is 1. The van der Waals surface area contributed by atoms with E-state index in [0.717, 1.165) is 0 Å². The van der Waals surface area contributed by atoms with E-state index in [-0.39, 0.29) is 24.1 Å². The Morgan fingerprint density at radius 2 is 1.96 bits per heavy atom. The van der Waals surface area contributed by atoms with Crippen molar-refractivity contribution >= 4 is 12.1 Å². The molecular weight excluding hydrogens is 314 g/mol. The van der Waals surface area contributed by atoms with Crippen molar-refractivity contribution in [3.63, 3.8) is 0 Å². The lowest BCUT2D eigenvalue weighted by Gasteiger charge is -2.51. The van der Waals surface area contributed by atoms with Crippen molar-refractivity contribution in [1.82, 2.24) is 15.5 Å². The van der Waals surface area contributed by atoms with Crippen molar-refractivity contribution in [3.8, 4) is 0 Å². The zero-order valence-corrected chi connectivity index (χ0v) is 14.8. The third-order valence-electron chi connectivity index (χ3n) is 3.75. The number of ether oxygens (including phenoxy) is 1. The molecule has 1 aliphatic rings. The molecule has 8 nitrogen and oxygen atoms in total. The van der Waals surface area contributed by atoms with Crippen molar-refractivity contribution < 1.29 is 24.0 Å². The number of aliphatic carboxylic acids is 1. The average Bonchev–Trinajstić information content (AvgIpc) is 2.80. The number of nitrogens with zero attached hydrogens (tertiary/aromatic N) is 2. The molecule has 1 amide bonds. The number of aryl methyl sites for hydroxylation is 1. The summed E-state index contributed by atoms with van der Waals surface area (Å²) >= 11 is 0. The number of nitrogens with one attached hydrogen (secondary N) is 1. The summed E-state index contributed by atoms with van der Waals surface area (Å²) < 4.78 is 10.5. The van der Waals surface area contributed by atoms with Crippen LogP contribution in [0.4, 0.5) is 4.79 Å². The molecule has 0 unspecified atom stereocenters. The Morgan fingerprint density at radius 1 is 1.33 bits per heavy atom. The normalized spacial score (nSPS) is 18.5. The number of hydrogen-bond donors (Lipinski definition) is 2. The van der Waals surface area contributed by atoms with Crippen LogP contribution in [0.2, 0.25) is 0 Å². The molecule has 2 N–H and O–H groups in total. The Bertz CT molecular complexity index is 622. The van der Waals surface area contributed by atoms with Crippen LogP contribution in [0.1, 0.15) is 65.6 Å². The number of carbonyl (C=O) groups is 2. The van der Waals surface area contributed by atoms with Crippen LogP contribution >= 0.6 is 0 Å². The Balaban J connectivity index is 2.14. The monoisotopic (exact) mass is 339 g/mol. The highest BCUT2D eigenvalue weighted by molar-refractivity contribution is 5.69. The molecule has 1 saturated carbocycles. The standard InChI is InChI=1S/C16H25N3O5/c1-14(2,3)23-13(22)18-16(8-15(4,5)9-16)12-17-10(24-19-12)6-7-11(20)21/h6-9H2,1-5H3,(H,18,22)(H,20,21). The number of carboxylic acid groups (broad SMARTS) is 1. The van der Waals surface area contributed by atoms with Gasteiger partial charge in [-0.05, 0) is 39.0 Å². The Kier molecular flexibility index (Phi) is 4.61. The zero-order chi connectivity index (χ0) is 18.2. The first kappa shape index (κ1) is 18.2. The Labute approximate surface area is 141 Å². The molecule has 0 aromatic carbocycles. The molecule has 8 heteroatoms. The fourth-order valence-electron chi connectivity index (χ4n) is 3.15. The van der Waals surface area contributed by atoms with Gasteiger partial charge in [0.25, 0.3) is 0 Å². The van der Waals surface area contributed by atoms with Crippen molar-refractivity contribution in [2.75, 3.05) is 0 Å². The molecule has 134 valence electrons. The molecule has 1 aromatic heterocycles. The smallest absolute Gasteiger partial charge is 0.408 e. The lowest BCUT2D eigenvalue weighted by Crippen LogP contribution is -2.59. The van der Waals surface area contributed by atoms with Gasteiger partial charge in [0, 0.05) is 6.42 Å². The Morgan fingerprint density at radius 3 is 2.46 bits per heavy atom. The van der Waals surface area contributed by atoms with Gasteiger partial charge in [-0.1, -0.05) is 19.0 Å². The summed E-state index contributed by atoms with van der Waals surface area (Å²) in [6, 6.07) is 0. The number of alkyl carbamates (subject to hydrolysis) is 1. The van der Waals surface area contributed by atoms with E-state index in [0.29, 0.717) is 18.7 Å². The minimum Gasteiger partial charge on any atom is -0.481 e. The molecule has 0 aliphatic heterocycles. The van der Waals surface area contributed by atoms with Crippen LogP contribution in [0.5, 0.6) is 0 Å². The van der Waals surface area contributed by atoms with Gasteiger partial charge in [0.15, 0.2) is 5.82 Å². The summed E-state index contributed by atoms with van der Waals surface area (Å²) in [6.07, 6.45) is 0.845. The van der Waals surface area contributed by atoms with Gasteiger partial charge in [-0.15, -0.1) is 0 Å². The van der Waals surface area contributed by atoms with Crippen molar-refractivity contribution in [2.24, 2.45) is 5.41 Å². The van der Waals surface area contributed by atoms with Gasteiger partial charge in [0.1, 0.15) is 11.1 Å². The van der Waals surface area contributed by atoms with Crippen molar-refractivity contribution in [2.45, 2.75) is 71.4 Å². The molecule has 24 heavy (non-hydrogen) atoms. The second-order valence-corrected chi connectivity index (χ2v) is 8.13. The average molecular weight is 339 g/mol. The molecule has 1 heterocycles. The van der Waals surface area contributed by atoms with Gasteiger partial charge < -0.3 is 19.7 Å². The van der Waals surface area contributed by atoms with E-state index in [1.165, 1.54) is 0 Å². The summed E-state index contributed by atoms with van der Waals surface area (Å²) in [7, 11) is 0. The maximum atomic E-state index is 12.2. The highest BCUT2D eigenvalue weighted by Crippen LogP contribution is 2.52. The molecule has 1 aliphatic carbocycles. The van der Waals surface area contributed by atoms with Crippen LogP contribution in [0.3, 0.4) is 0 Å². The number of carbonyl (C=O) groups excluding carboxylic acids is 1. The first-order valence-electron chi connectivity index (χ1n) is 7.97. The minimum atomic E-state index is -0.930. The zero-order valence-electron chi connectivity index (χ0n) is 14.8.